The number of hydrogen-bond acceptors (Lipinski definition) is 2. The fourth-order valence-corrected chi connectivity index (χ4v) is 1.10. The predicted molar refractivity (Wildman–Crippen MR) is 33.0 cm³/mol. The van der Waals surface area contributed by atoms with Crippen molar-refractivity contribution in [3.63, 3.8) is 0 Å². The zero-order valence-corrected chi connectivity index (χ0v) is 5.90. The van der Waals surface area contributed by atoms with Gasteiger partial charge < -0.3 is 10.5 Å². The largest absolute Gasteiger partial charge is 0.403 e. The summed E-state index contributed by atoms with van der Waals surface area (Å²) in [6, 6.07) is -1.72. The summed E-state index contributed by atoms with van der Waals surface area (Å²) in [5.41, 5.74) is 4.95. The molecule has 1 heterocycles. The molecule has 0 aromatic rings. The first-order valence-corrected chi connectivity index (χ1v) is 3.42. The van der Waals surface area contributed by atoms with Gasteiger partial charge in [0.1, 0.15) is 6.04 Å². The van der Waals surface area contributed by atoms with Crippen LogP contribution in [0.3, 0.4) is 0 Å². The number of ether oxygens (including phenoxy) is 1. The SMILES string of the molecule is N[C@@H](C1CCOC1)C(F)(F)F. The van der Waals surface area contributed by atoms with Crippen molar-refractivity contribution < 1.29 is 17.9 Å². The number of alkyl halides is 3. The van der Waals surface area contributed by atoms with Crippen molar-refractivity contribution in [2.24, 2.45) is 11.7 Å². The Balaban J connectivity index is 2.46. The van der Waals surface area contributed by atoms with E-state index in [4.69, 9.17) is 10.5 Å². The van der Waals surface area contributed by atoms with Crippen LogP contribution in [0, 0.1) is 5.92 Å². The van der Waals surface area contributed by atoms with Crippen LogP contribution in [0.15, 0.2) is 0 Å². The molecule has 1 saturated heterocycles. The summed E-state index contributed by atoms with van der Waals surface area (Å²) in [4.78, 5) is 0. The van der Waals surface area contributed by atoms with Gasteiger partial charge in [-0.15, -0.1) is 0 Å². The molecule has 2 N–H and O–H groups in total. The van der Waals surface area contributed by atoms with E-state index in [1.807, 2.05) is 0 Å². The molecule has 0 aromatic heterocycles. The molecule has 2 nitrogen and oxygen atoms in total. The minimum absolute atomic E-state index is 0.140. The van der Waals surface area contributed by atoms with Gasteiger partial charge in [-0.3, -0.25) is 0 Å². The Morgan fingerprint density at radius 3 is 2.45 bits per heavy atom. The highest BCUT2D eigenvalue weighted by atomic mass is 19.4. The maximum absolute atomic E-state index is 11.9. The number of halogens is 3. The van der Waals surface area contributed by atoms with Crippen molar-refractivity contribution in [3.8, 4) is 0 Å². The van der Waals surface area contributed by atoms with E-state index >= 15 is 0 Å². The predicted octanol–water partition coefficient (Wildman–Crippen LogP) is 0.912. The van der Waals surface area contributed by atoms with Crippen molar-refractivity contribution in [1.29, 1.82) is 0 Å². The quantitative estimate of drug-likeness (QED) is 0.633. The molecule has 0 saturated carbocycles. The number of hydrogen-bond donors (Lipinski definition) is 1. The van der Waals surface area contributed by atoms with Gasteiger partial charge in [0.15, 0.2) is 0 Å². The third-order valence-electron chi connectivity index (χ3n) is 1.85. The molecule has 1 aliphatic heterocycles. The lowest BCUT2D eigenvalue weighted by Crippen LogP contribution is -2.43. The molecule has 2 atom stereocenters. The Hall–Kier alpha value is -0.290. The van der Waals surface area contributed by atoms with Gasteiger partial charge in [-0.1, -0.05) is 0 Å². The maximum atomic E-state index is 11.9. The summed E-state index contributed by atoms with van der Waals surface area (Å²) in [6.07, 6.45) is -3.86. The van der Waals surface area contributed by atoms with Gasteiger partial charge in [0.05, 0.1) is 6.61 Å². The van der Waals surface area contributed by atoms with E-state index in [0.717, 1.165) is 0 Å². The van der Waals surface area contributed by atoms with E-state index in [-0.39, 0.29) is 6.61 Å². The normalized spacial score (nSPS) is 28.9. The summed E-state index contributed by atoms with van der Waals surface area (Å²) in [5.74, 6) is -0.546. The molecular weight excluding hydrogens is 159 g/mol. The zero-order chi connectivity index (χ0) is 8.48. The highest BCUT2D eigenvalue weighted by molar-refractivity contribution is 4.81. The molecule has 11 heavy (non-hydrogen) atoms. The summed E-state index contributed by atoms with van der Waals surface area (Å²) in [5, 5.41) is 0. The Morgan fingerprint density at radius 2 is 2.09 bits per heavy atom. The van der Waals surface area contributed by atoms with Crippen LogP contribution in [-0.2, 0) is 4.74 Å². The molecule has 66 valence electrons. The fourth-order valence-electron chi connectivity index (χ4n) is 1.10. The first kappa shape index (κ1) is 8.80. The standard InChI is InChI=1S/C6H10F3NO/c7-6(8,9)5(10)4-1-2-11-3-4/h4-5H,1-3,10H2/t4?,5-/m0/s1. The van der Waals surface area contributed by atoms with Crippen molar-refractivity contribution in [2.75, 3.05) is 13.2 Å². The molecule has 0 aliphatic carbocycles. The van der Waals surface area contributed by atoms with E-state index < -0.39 is 18.1 Å². The third-order valence-corrected chi connectivity index (χ3v) is 1.85. The second-order valence-electron chi connectivity index (χ2n) is 2.69. The molecule has 0 spiro atoms. The maximum Gasteiger partial charge on any atom is 0.403 e. The van der Waals surface area contributed by atoms with E-state index in [9.17, 15) is 13.2 Å². The van der Waals surface area contributed by atoms with Crippen LogP contribution in [0.1, 0.15) is 6.42 Å². The zero-order valence-electron chi connectivity index (χ0n) is 5.90. The Labute approximate surface area is 62.5 Å². The van der Waals surface area contributed by atoms with Gasteiger partial charge >= 0.3 is 6.18 Å². The van der Waals surface area contributed by atoms with Gasteiger partial charge in [0.2, 0.25) is 0 Å². The van der Waals surface area contributed by atoms with E-state index in [2.05, 4.69) is 0 Å². The fraction of sp³-hybridized carbons (Fsp3) is 1.00. The molecule has 1 fully saturated rings. The molecule has 0 amide bonds. The molecule has 0 radical (unpaired) electrons. The van der Waals surface area contributed by atoms with Crippen LogP contribution in [0.5, 0.6) is 0 Å². The molecular formula is C6H10F3NO. The highest BCUT2D eigenvalue weighted by Gasteiger charge is 2.42. The van der Waals surface area contributed by atoms with E-state index in [1.165, 1.54) is 0 Å². The summed E-state index contributed by atoms with van der Waals surface area (Å²) >= 11 is 0. The first-order valence-electron chi connectivity index (χ1n) is 3.42. The van der Waals surface area contributed by atoms with E-state index in [1.54, 1.807) is 0 Å². The van der Waals surface area contributed by atoms with Gasteiger partial charge in [0, 0.05) is 12.5 Å². The van der Waals surface area contributed by atoms with Crippen molar-refractivity contribution in [1.82, 2.24) is 0 Å². The average Bonchev–Trinajstić information content (AvgIpc) is 2.34. The number of nitrogens with two attached hydrogens (primary N) is 1. The van der Waals surface area contributed by atoms with Crippen LogP contribution >= 0.6 is 0 Å². The summed E-state index contributed by atoms with van der Waals surface area (Å²) < 4.78 is 40.6. The topological polar surface area (TPSA) is 35.2 Å². The Morgan fingerprint density at radius 1 is 1.45 bits per heavy atom. The summed E-state index contributed by atoms with van der Waals surface area (Å²) in [6.45, 7) is 0.537. The average molecular weight is 169 g/mol. The van der Waals surface area contributed by atoms with Gasteiger partial charge in [-0.05, 0) is 6.42 Å². The summed E-state index contributed by atoms with van der Waals surface area (Å²) in [7, 11) is 0. The second-order valence-corrected chi connectivity index (χ2v) is 2.69. The molecule has 1 rings (SSSR count). The minimum atomic E-state index is -4.28. The lowest BCUT2D eigenvalue weighted by Gasteiger charge is -2.20. The molecule has 0 bridgehead atoms. The molecule has 0 aromatic carbocycles. The third kappa shape index (κ3) is 2.07. The van der Waals surface area contributed by atoms with Crippen molar-refractivity contribution in [3.05, 3.63) is 0 Å². The lowest BCUT2D eigenvalue weighted by molar-refractivity contribution is -0.158. The van der Waals surface area contributed by atoms with Crippen LogP contribution in [-0.4, -0.2) is 25.4 Å². The van der Waals surface area contributed by atoms with Crippen molar-refractivity contribution >= 4 is 0 Å². The number of rotatable bonds is 1. The first-order chi connectivity index (χ1) is 5.02. The van der Waals surface area contributed by atoms with Crippen molar-refractivity contribution in [2.45, 2.75) is 18.6 Å². The van der Waals surface area contributed by atoms with Crippen LogP contribution in [0.25, 0.3) is 0 Å². The van der Waals surface area contributed by atoms with Crippen LogP contribution < -0.4 is 5.73 Å². The Bertz CT molecular complexity index is 130. The highest BCUT2D eigenvalue weighted by Crippen LogP contribution is 2.28. The Kier molecular flexibility index (Phi) is 2.39. The molecule has 5 heteroatoms. The lowest BCUT2D eigenvalue weighted by atomic mass is 10.00. The van der Waals surface area contributed by atoms with Gasteiger partial charge in [0.25, 0.3) is 0 Å². The van der Waals surface area contributed by atoms with E-state index in [0.29, 0.717) is 13.0 Å². The minimum Gasteiger partial charge on any atom is -0.381 e. The second kappa shape index (κ2) is 2.98. The molecule has 1 unspecified atom stereocenters. The monoisotopic (exact) mass is 169 g/mol. The van der Waals surface area contributed by atoms with Gasteiger partial charge in [-0.2, -0.15) is 13.2 Å². The van der Waals surface area contributed by atoms with Crippen LogP contribution in [0.2, 0.25) is 0 Å². The van der Waals surface area contributed by atoms with Crippen LogP contribution in [0.4, 0.5) is 13.2 Å². The van der Waals surface area contributed by atoms with Gasteiger partial charge in [-0.25, -0.2) is 0 Å². The smallest absolute Gasteiger partial charge is 0.381 e. The molecule has 1 aliphatic rings.